The molecule has 218 valence electrons. The highest BCUT2D eigenvalue weighted by molar-refractivity contribution is 7.92. The summed E-state index contributed by atoms with van der Waals surface area (Å²) in [6, 6.07) is 30.0. The van der Waals surface area contributed by atoms with Crippen LogP contribution in [0.25, 0.3) is 0 Å². The fourth-order valence-corrected chi connectivity index (χ4v) is 6.44. The van der Waals surface area contributed by atoms with Crippen LogP contribution >= 0.6 is 0 Å². The number of amides is 2. The number of anilines is 1. The van der Waals surface area contributed by atoms with Crippen LogP contribution in [0, 0.1) is 20.8 Å². The molecule has 4 rings (SSSR count). The molecular weight excluding hydrogens is 546 g/mol. The standard InChI is InChI=1S/C34H37N3O4S/c1-25-12-11-15-29(20-25)23-36(32(34(39)35-4)22-28-13-7-5-8-14-28)33(38)24-37(31-21-26(2)18-19-27(31)3)42(40,41)30-16-9-6-10-17-30/h5-21,32H,22-24H2,1-4H3,(H,35,39)/t32-/m1/s1. The average Bonchev–Trinajstić information content (AvgIpc) is 2.99. The van der Waals surface area contributed by atoms with Crippen LogP contribution in [0.3, 0.4) is 0 Å². The van der Waals surface area contributed by atoms with Crippen LogP contribution in [0.15, 0.2) is 108 Å². The zero-order chi connectivity index (χ0) is 30.3. The minimum Gasteiger partial charge on any atom is -0.357 e. The van der Waals surface area contributed by atoms with E-state index in [0.29, 0.717) is 11.3 Å². The van der Waals surface area contributed by atoms with E-state index in [9.17, 15) is 18.0 Å². The van der Waals surface area contributed by atoms with E-state index in [1.165, 1.54) is 28.4 Å². The number of carbonyl (C=O) groups excluding carboxylic acids is 2. The molecule has 42 heavy (non-hydrogen) atoms. The molecule has 0 heterocycles. The van der Waals surface area contributed by atoms with Crippen LogP contribution < -0.4 is 9.62 Å². The summed E-state index contributed by atoms with van der Waals surface area (Å²) in [5.41, 5.74) is 4.74. The second-order valence-electron chi connectivity index (χ2n) is 10.4. The minimum atomic E-state index is -4.13. The van der Waals surface area contributed by atoms with Crippen LogP contribution in [-0.4, -0.2) is 44.8 Å². The smallest absolute Gasteiger partial charge is 0.264 e. The fourth-order valence-electron chi connectivity index (χ4n) is 4.95. The molecule has 0 spiro atoms. The number of rotatable bonds is 11. The van der Waals surface area contributed by atoms with Crippen molar-refractivity contribution in [3.05, 3.63) is 131 Å². The lowest BCUT2D eigenvalue weighted by Gasteiger charge is -2.34. The molecule has 0 saturated carbocycles. The van der Waals surface area contributed by atoms with Crippen molar-refractivity contribution in [2.24, 2.45) is 0 Å². The normalized spacial score (nSPS) is 11.9. The molecule has 0 aliphatic heterocycles. The first kappa shape index (κ1) is 30.5. The maximum absolute atomic E-state index is 14.4. The highest BCUT2D eigenvalue weighted by Gasteiger charge is 2.34. The second kappa shape index (κ2) is 13.5. The van der Waals surface area contributed by atoms with Gasteiger partial charge in [-0.05, 0) is 61.2 Å². The molecule has 0 aromatic heterocycles. The quantitative estimate of drug-likeness (QED) is 0.263. The monoisotopic (exact) mass is 583 g/mol. The molecule has 1 N–H and O–H groups in total. The van der Waals surface area contributed by atoms with E-state index in [4.69, 9.17) is 0 Å². The van der Waals surface area contributed by atoms with Crippen molar-refractivity contribution in [2.45, 2.75) is 44.7 Å². The first-order valence-electron chi connectivity index (χ1n) is 13.9. The number of carbonyl (C=O) groups is 2. The summed E-state index contributed by atoms with van der Waals surface area (Å²) in [5, 5.41) is 2.71. The van der Waals surface area contributed by atoms with Gasteiger partial charge in [-0.3, -0.25) is 13.9 Å². The van der Waals surface area contributed by atoms with Crippen LogP contribution in [0.1, 0.15) is 27.8 Å². The Bertz CT molecular complexity index is 1640. The Morgan fingerprint density at radius 2 is 1.38 bits per heavy atom. The molecule has 7 nitrogen and oxygen atoms in total. The molecule has 0 bridgehead atoms. The molecule has 0 saturated heterocycles. The number of hydrogen-bond acceptors (Lipinski definition) is 4. The highest BCUT2D eigenvalue weighted by Crippen LogP contribution is 2.28. The number of nitrogens with one attached hydrogen (secondary N) is 1. The number of sulfonamides is 1. The van der Waals surface area contributed by atoms with Crippen LogP contribution in [0.5, 0.6) is 0 Å². The number of benzene rings is 4. The zero-order valence-corrected chi connectivity index (χ0v) is 25.3. The summed E-state index contributed by atoms with van der Waals surface area (Å²) >= 11 is 0. The molecule has 8 heteroatoms. The molecule has 1 atom stereocenters. The van der Waals surface area contributed by atoms with E-state index in [2.05, 4.69) is 5.32 Å². The van der Waals surface area contributed by atoms with Gasteiger partial charge in [0, 0.05) is 20.0 Å². The largest absolute Gasteiger partial charge is 0.357 e. The lowest BCUT2D eigenvalue weighted by atomic mass is 10.0. The van der Waals surface area contributed by atoms with E-state index in [1.54, 1.807) is 24.3 Å². The van der Waals surface area contributed by atoms with Gasteiger partial charge >= 0.3 is 0 Å². The third kappa shape index (κ3) is 7.25. The van der Waals surface area contributed by atoms with Crippen molar-refractivity contribution in [1.29, 1.82) is 0 Å². The number of likely N-dealkylation sites (N-methyl/N-ethyl adjacent to an activating group) is 1. The van der Waals surface area contributed by atoms with Crippen LogP contribution in [-0.2, 0) is 32.6 Å². The van der Waals surface area contributed by atoms with Gasteiger partial charge in [0.05, 0.1) is 10.6 Å². The van der Waals surface area contributed by atoms with Gasteiger partial charge in [-0.25, -0.2) is 8.42 Å². The molecule has 0 fully saturated rings. The highest BCUT2D eigenvalue weighted by atomic mass is 32.2. The van der Waals surface area contributed by atoms with Gasteiger partial charge in [-0.2, -0.15) is 0 Å². The van der Waals surface area contributed by atoms with Crippen molar-refractivity contribution >= 4 is 27.5 Å². The van der Waals surface area contributed by atoms with Gasteiger partial charge in [0.15, 0.2) is 0 Å². The van der Waals surface area contributed by atoms with Gasteiger partial charge in [0.2, 0.25) is 11.8 Å². The summed E-state index contributed by atoms with van der Waals surface area (Å²) in [6.45, 7) is 5.32. The van der Waals surface area contributed by atoms with Gasteiger partial charge in [0.25, 0.3) is 10.0 Å². The van der Waals surface area contributed by atoms with Crippen molar-refractivity contribution in [2.75, 3.05) is 17.9 Å². The lowest BCUT2D eigenvalue weighted by molar-refractivity contribution is -0.139. The SMILES string of the molecule is CNC(=O)[C@@H](Cc1ccccc1)N(Cc1cccc(C)c1)C(=O)CN(c1cc(C)ccc1C)S(=O)(=O)c1ccccc1. The van der Waals surface area contributed by atoms with E-state index >= 15 is 0 Å². The summed E-state index contributed by atoms with van der Waals surface area (Å²) in [4.78, 5) is 29.3. The first-order valence-corrected chi connectivity index (χ1v) is 15.3. The van der Waals surface area contributed by atoms with Crippen molar-refractivity contribution in [1.82, 2.24) is 10.2 Å². The Labute approximate surface area is 248 Å². The maximum Gasteiger partial charge on any atom is 0.264 e. The van der Waals surface area contributed by atoms with Crippen LogP contribution in [0.4, 0.5) is 5.69 Å². The Balaban J connectivity index is 1.81. The molecule has 0 aliphatic carbocycles. The maximum atomic E-state index is 14.4. The van der Waals surface area contributed by atoms with Gasteiger partial charge in [-0.15, -0.1) is 0 Å². The third-order valence-electron chi connectivity index (χ3n) is 7.20. The van der Waals surface area contributed by atoms with Crippen molar-refractivity contribution in [3.8, 4) is 0 Å². The Hall–Kier alpha value is -4.43. The number of nitrogens with zero attached hydrogens (tertiary/aromatic N) is 2. The van der Waals surface area contributed by atoms with Gasteiger partial charge in [0.1, 0.15) is 12.6 Å². The molecule has 0 radical (unpaired) electrons. The molecule has 4 aromatic carbocycles. The average molecular weight is 584 g/mol. The Morgan fingerprint density at radius 1 is 0.762 bits per heavy atom. The van der Waals surface area contributed by atoms with E-state index in [0.717, 1.165) is 22.3 Å². The Kier molecular flexibility index (Phi) is 9.80. The summed E-state index contributed by atoms with van der Waals surface area (Å²) in [5.74, 6) is -0.814. The lowest BCUT2D eigenvalue weighted by Crippen LogP contribution is -2.53. The van der Waals surface area contributed by atoms with Gasteiger partial charge in [-0.1, -0.05) is 90.5 Å². The zero-order valence-electron chi connectivity index (χ0n) is 24.4. The molecular formula is C34H37N3O4S. The summed E-state index contributed by atoms with van der Waals surface area (Å²) in [6.07, 6.45) is 0.271. The molecule has 4 aromatic rings. The molecule has 0 aliphatic rings. The minimum absolute atomic E-state index is 0.0797. The van der Waals surface area contributed by atoms with Gasteiger partial charge < -0.3 is 10.2 Å². The molecule has 2 amide bonds. The van der Waals surface area contributed by atoms with E-state index < -0.39 is 28.5 Å². The summed E-state index contributed by atoms with van der Waals surface area (Å²) in [7, 11) is -2.59. The second-order valence-corrected chi connectivity index (χ2v) is 12.3. The molecule has 0 unspecified atom stereocenters. The van der Waals surface area contributed by atoms with E-state index in [1.807, 2.05) is 87.5 Å². The van der Waals surface area contributed by atoms with Crippen molar-refractivity contribution < 1.29 is 18.0 Å². The van der Waals surface area contributed by atoms with Crippen molar-refractivity contribution in [3.63, 3.8) is 0 Å². The number of aryl methyl sites for hydroxylation is 3. The topological polar surface area (TPSA) is 86.8 Å². The first-order chi connectivity index (χ1) is 20.1. The summed E-state index contributed by atoms with van der Waals surface area (Å²) < 4.78 is 29.3. The predicted octanol–water partition coefficient (Wildman–Crippen LogP) is 5.19. The third-order valence-corrected chi connectivity index (χ3v) is 8.97. The Morgan fingerprint density at radius 3 is 2.02 bits per heavy atom. The van der Waals surface area contributed by atoms with Crippen LogP contribution in [0.2, 0.25) is 0 Å². The number of hydrogen-bond donors (Lipinski definition) is 1. The van der Waals surface area contributed by atoms with E-state index in [-0.39, 0.29) is 23.8 Å². The fraction of sp³-hybridized carbons (Fsp3) is 0.235. The predicted molar refractivity (Wildman–Crippen MR) is 167 cm³/mol.